The van der Waals surface area contributed by atoms with Crippen molar-refractivity contribution in [1.29, 1.82) is 0 Å². The third-order valence-electron chi connectivity index (χ3n) is 4.25. The third kappa shape index (κ3) is 3.19. The van der Waals surface area contributed by atoms with Gasteiger partial charge in [-0.25, -0.2) is 0 Å². The number of hydrogen-bond acceptors (Lipinski definition) is 3. The Kier molecular flexibility index (Phi) is 4.62. The fourth-order valence-corrected chi connectivity index (χ4v) is 3.32. The maximum atomic E-state index is 9.10. The molecule has 2 N–H and O–H groups in total. The van der Waals surface area contributed by atoms with Gasteiger partial charge in [0, 0.05) is 12.6 Å². The van der Waals surface area contributed by atoms with Crippen LogP contribution in [0.15, 0.2) is 0 Å². The van der Waals surface area contributed by atoms with Gasteiger partial charge < -0.3 is 15.3 Å². The highest BCUT2D eigenvalue weighted by molar-refractivity contribution is 4.84. The van der Waals surface area contributed by atoms with Gasteiger partial charge in [0.1, 0.15) is 0 Å². The van der Waals surface area contributed by atoms with Crippen LogP contribution in [0.1, 0.15) is 32.6 Å². The molecule has 2 aliphatic heterocycles. The zero-order chi connectivity index (χ0) is 11.4. The van der Waals surface area contributed by atoms with Gasteiger partial charge in [-0.2, -0.15) is 0 Å². The topological polar surface area (TPSA) is 35.5 Å². The number of nitrogens with one attached hydrogen (secondary N) is 1. The molecule has 2 rings (SSSR count). The molecule has 3 atom stereocenters. The maximum Gasteiger partial charge on any atom is 0.0584 e. The lowest BCUT2D eigenvalue weighted by molar-refractivity contribution is 0.163. The summed E-state index contributed by atoms with van der Waals surface area (Å²) in [6.07, 6.45) is 5.33. The monoisotopic (exact) mass is 226 g/mol. The smallest absolute Gasteiger partial charge is 0.0584 e. The predicted octanol–water partition coefficient (Wildman–Crippen LogP) is 1.08. The summed E-state index contributed by atoms with van der Waals surface area (Å²) in [6, 6.07) is 0.371. The molecule has 3 heteroatoms. The molecule has 0 bridgehead atoms. The zero-order valence-corrected chi connectivity index (χ0v) is 10.5. The quantitative estimate of drug-likeness (QED) is 0.753. The Balaban J connectivity index is 1.73. The van der Waals surface area contributed by atoms with E-state index in [-0.39, 0.29) is 0 Å². The van der Waals surface area contributed by atoms with Crippen molar-refractivity contribution in [2.75, 3.05) is 32.8 Å². The minimum Gasteiger partial charge on any atom is -0.395 e. The van der Waals surface area contributed by atoms with E-state index in [1.165, 1.54) is 45.3 Å². The first-order valence-corrected chi connectivity index (χ1v) is 6.88. The molecule has 0 aliphatic carbocycles. The fraction of sp³-hybridized carbons (Fsp3) is 1.00. The lowest BCUT2D eigenvalue weighted by Gasteiger charge is -2.33. The number of piperidine rings is 1. The minimum atomic E-state index is 0.308. The molecule has 3 unspecified atom stereocenters. The summed E-state index contributed by atoms with van der Waals surface area (Å²) in [6.45, 7) is 7.50. The summed E-state index contributed by atoms with van der Waals surface area (Å²) >= 11 is 0. The third-order valence-corrected chi connectivity index (χ3v) is 4.25. The van der Waals surface area contributed by atoms with E-state index in [1.807, 2.05) is 0 Å². The van der Waals surface area contributed by atoms with Crippen molar-refractivity contribution in [2.24, 2.45) is 11.8 Å². The first-order valence-electron chi connectivity index (χ1n) is 6.88. The number of aliphatic hydroxyl groups is 1. The van der Waals surface area contributed by atoms with Gasteiger partial charge in [-0.05, 0) is 57.2 Å². The van der Waals surface area contributed by atoms with Crippen LogP contribution in [-0.2, 0) is 0 Å². The summed E-state index contributed by atoms with van der Waals surface area (Å²) in [4.78, 5) is 2.58. The van der Waals surface area contributed by atoms with Crippen molar-refractivity contribution >= 4 is 0 Å². The summed E-state index contributed by atoms with van der Waals surface area (Å²) in [7, 11) is 0. The van der Waals surface area contributed by atoms with Gasteiger partial charge in [0.05, 0.1) is 6.61 Å². The van der Waals surface area contributed by atoms with Crippen molar-refractivity contribution in [1.82, 2.24) is 10.2 Å². The van der Waals surface area contributed by atoms with Gasteiger partial charge in [0.15, 0.2) is 0 Å². The van der Waals surface area contributed by atoms with Crippen LogP contribution in [0, 0.1) is 11.8 Å². The molecule has 3 nitrogen and oxygen atoms in total. The van der Waals surface area contributed by atoms with Crippen molar-refractivity contribution in [3.8, 4) is 0 Å². The lowest BCUT2D eigenvalue weighted by Crippen LogP contribution is -2.36. The molecule has 2 fully saturated rings. The molecular formula is C13H26N2O. The molecule has 0 aromatic carbocycles. The number of hydrogen-bond donors (Lipinski definition) is 2. The van der Waals surface area contributed by atoms with Crippen LogP contribution in [-0.4, -0.2) is 48.8 Å². The highest BCUT2D eigenvalue weighted by Crippen LogP contribution is 2.27. The Labute approximate surface area is 99.2 Å². The molecule has 0 radical (unpaired) electrons. The Morgan fingerprint density at radius 1 is 1.38 bits per heavy atom. The number of nitrogens with zero attached hydrogens (tertiary/aromatic N) is 1. The summed E-state index contributed by atoms with van der Waals surface area (Å²) in [5, 5.41) is 12.5. The first kappa shape index (κ1) is 12.3. The van der Waals surface area contributed by atoms with E-state index in [4.69, 9.17) is 5.11 Å². The average Bonchev–Trinajstić information content (AvgIpc) is 2.77. The molecule has 94 valence electrons. The second kappa shape index (κ2) is 5.99. The van der Waals surface area contributed by atoms with E-state index in [0.29, 0.717) is 12.6 Å². The van der Waals surface area contributed by atoms with Crippen LogP contribution in [0.25, 0.3) is 0 Å². The van der Waals surface area contributed by atoms with E-state index < -0.39 is 0 Å². The predicted molar refractivity (Wildman–Crippen MR) is 66.4 cm³/mol. The second-order valence-electron chi connectivity index (χ2n) is 5.53. The molecular weight excluding hydrogens is 200 g/mol. The summed E-state index contributed by atoms with van der Waals surface area (Å²) in [5.74, 6) is 1.71. The number of rotatable bonds is 4. The van der Waals surface area contributed by atoms with Crippen molar-refractivity contribution in [3.05, 3.63) is 0 Å². The molecule has 0 saturated carbocycles. The standard InChI is InChI=1S/C13H26N2O/c1-2-15-5-3-4-11(9-15)6-12-7-13(10-16)14-8-12/h11-14,16H,2-10H2,1H3. The van der Waals surface area contributed by atoms with E-state index in [0.717, 1.165) is 18.4 Å². The lowest BCUT2D eigenvalue weighted by atomic mass is 9.87. The van der Waals surface area contributed by atoms with Crippen LogP contribution >= 0.6 is 0 Å². The summed E-state index contributed by atoms with van der Waals surface area (Å²) in [5.41, 5.74) is 0. The molecule has 2 aliphatic rings. The van der Waals surface area contributed by atoms with E-state index >= 15 is 0 Å². The highest BCUT2D eigenvalue weighted by Gasteiger charge is 2.27. The molecule has 0 aromatic rings. The number of likely N-dealkylation sites (tertiary alicyclic amines) is 1. The second-order valence-corrected chi connectivity index (χ2v) is 5.53. The Hall–Kier alpha value is -0.120. The number of aliphatic hydroxyl groups excluding tert-OH is 1. The highest BCUT2D eigenvalue weighted by atomic mass is 16.3. The zero-order valence-electron chi connectivity index (χ0n) is 10.5. The molecule has 16 heavy (non-hydrogen) atoms. The van der Waals surface area contributed by atoms with Gasteiger partial charge in [-0.3, -0.25) is 0 Å². The normalized spacial score (nSPS) is 36.8. The molecule has 0 spiro atoms. The van der Waals surface area contributed by atoms with Crippen LogP contribution < -0.4 is 5.32 Å². The van der Waals surface area contributed by atoms with Gasteiger partial charge in [-0.1, -0.05) is 6.92 Å². The minimum absolute atomic E-state index is 0.308. The van der Waals surface area contributed by atoms with E-state index in [2.05, 4.69) is 17.1 Å². The van der Waals surface area contributed by atoms with Gasteiger partial charge in [-0.15, -0.1) is 0 Å². The maximum absolute atomic E-state index is 9.10. The van der Waals surface area contributed by atoms with Crippen LogP contribution in [0.2, 0.25) is 0 Å². The van der Waals surface area contributed by atoms with Crippen molar-refractivity contribution in [3.63, 3.8) is 0 Å². The molecule has 0 aromatic heterocycles. The van der Waals surface area contributed by atoms with Crippen LogP contribution in [0.3, 0.4) is 0 Å². The Bertz CT molecular complexity index is 210. The van der Waals surface area contributed by atoms with Gasteiger partial charge in [0.2, 0.25) is 0 Å². The molecule has 2 saturated heterocycles. The van der Waals surface area contributed by atoms with E-state index in [9.17, 15) is 0 Å². The Morgan fingerprint density at radius 3 is 2.94 bits per heavy atom. The molecule has 0 amide bonds. The van der Waals surface area contributed by atoms with Crippen molar-refractivity contribution < 1.29 is 5.11 Å². The van der Waals surface area contributed by atoms with Gasteiger partial charge in [0.25, 0.3) is 0 Å². The summed E-state index contributed by atoms with van der Waals surface area (Å²) < 4.78 is 0. The first-order chi connectivity index (χ1) is 7.81. The van der Waals surface area contributed by atoms with E-state index in [1.54, 1.807) is 0 Å². The molecule has 2 heterocycles. The van der Waals surface area contributed by atoms with Gasteiger partial charge >= 0.3 is 0 Å². The largest absolute Gasteiger partial charge is 0.395 e. The van der Waals surface area contributed by atoms with Crippen LogP contribution in [0.4, 0.5) is 0 Å². The SMILES string of the molecule is CCN1CCCC(CC2CNC(CO)C2)C1. The van der Waals surface area contributed by atoms with Crippen molar-refractivity contribution in [2.45, 2.75) is 38.6 Å². The van der Waals surface area contributed by atoms with Crippen LogP contribution in [0.5, 0.6) is 0 Å². The fourth-order valence-electron chi connectivity index (χ4n) is 3.32. The average molecular weight is 226 g/mol. The Morgan fingerprint density at radius 2 is 2.25 bits per heavy atom.